The summed E-state index contributed by atoms with van der Waals surface area (Å²) in [5.74, 6) is -2.09. The van der Waals surface area contributed by atoms with Crippen LogP contribution >= 0.6 is 0 Å². The molecule has 0 heterocycles. The Morgan fingerprint density at radius 1 is 1.11 bits per heavy atom. The molecule has 0 aromatic heterocycles. The van der Waals surface area contributed by atoms with Crippen LogP contribution in [0.2, 0.25) is 0 Å². The number of rotatable bonds is 10. The van der Waals surface area contributed by atoms with E-state index in [1.54, 1.807) is 12.1 Å². The number of hydrogen-bond acceptors (Lipinski definition) is 7. The van der Waals surface area contributed by atoms with Crippen LogP contribution in [0.4, 0.5) is 0 Å². The highest BCUT2D eigenvalue weighted by Crippen LogP contribution is 2.09. The van der Waals surface area contributed by atoms with E-state index in [0.29, 0.717) is 6.42 Å². The van der Waals surface area contributed by atoms with Gasteiger partial charge in [-0.05, 0) is 31.4 Å². The summed E-state index contributed by atoms with van der Waals surface area (Å²) in [6.45, 7) is 4.30. The van der Waals surface area contributed by atoms with Gasteiger partial charge in [0.05, 0.1) is 12.0 Å². The van der Waals surface area contributed by atoms with Gasteiger partial charge in [0.25, 0.3) is 5.91 Å². The van der Waals surface area contributed by atoms with E-state index in [0.717, 1.165) is 5.56 Å². The number of sulfonamides is 1. The fourth-order valence-corrected chi connectivity index (χ4v) is 3.18. The Labute approximate surface area is 164 Å². The predicted molar refractivity (Wildman–Crippen MR) is 101 cm³/mol. The van der Waals surface area contributed by atoms with E-state index in [1.165, 1.54) is 19.2 Å². The number of esters is 2. The van der Waals surface area contributed by atoms with Gasteiger partial charge in [-0.15, -0.1) is 0 Å². The molecule has 1 aromatic carbocycles. The van der Waals surface area contributed by atoms with Crippen LogP contribution in [-0.2, 0) is 33.9 Å². The molecule has 9 nitrogen and oxygen atoms in total. The Balaban J connectivity index is 2.49. The maximum atomic E-state index is 12.1. The first-order chi connectivity index (χ1) is 13.0. The lowest BCUT2D eigenvalue weighted by Crippen LogP contribution is -2.44. The molecular formula is C18H26N2O7S. The predicted octanol–water partition coefficient (Wildman–Crippen LogP) is 0.520. The van der Waals surface area contributed by atoms with Crippen molar-refractivity contribution in [1.29, 1.82) is 0 Å². The number of carbonyl (C=O) groups excluding carboxylic acids is 3. The van der Waals surface area contributed by atoms with E-state index in [9.17, 15) is 22.8 Å². The second kappa shape index (κ2) is 10.8. The van der Waals surface area contributed by atoms with Crippen LogP contribution in [0.15, 0.2) is 29.2 Å². The molecule has 0 aliphatic heterocycles. The molecule has 0 aliphatic rings. The van der Waals surface area contributed by atoms with Crippen LogP contribution in [0.3, 0.4) is 0 Å². The number of amides is 1. The van der Waals surface area contributed by atoms with Crippen molar-refractivity contribution in [3.63, 3.8) is 0 Å². The molecule has 1 atom stereocenters. The number of carbonyl (C=O) groups is 3. The van der Waals surface area contributed by atoms with Crippen LogP contribution in [0.1, 0.15) is 25.8 Å². The SMILES string of the molecule is COC(=O)[C@@H](CC(C)C)NC(=O)COC(=O)CNS(=O)(=O)c1ccc(C)cc1. The van der Waals surface area contributed by atoms with Crippen molar-refractivity contribution in [3.05, 3.63) is 29.8 Å². The van der Waals surface area contributed by atoms with Crippen LogP contribution in [-0.4, -0.2) is 52.6 Å². The zero-order valence-corrected chi connectivity index (χ0v) is 17.2. The third-order valence-electron chi connectivity index (χ3n) is 3.63. The van der Waals surface area contributed by atoms with Gasteiger partial charge in [0.2, 0.25) is 10.0 Å². The third-order valence-corrected chi connectivity index (χ3v) is 5.05. The van der Waals surface area contributed by atoms with Crippen molar-refractivity contribution in [3.8, 4) is 0 Å². The first kappa shape index (κ1) is 23.6. The Kier molecular flexibility index (Phi) is 9.07. The van der Waals surface area contributed by atoms with Crippen molar-refractivity contribution in [2.75, 3.05) is 20.3 Å². The van der Waals surface area contributed by atoms with E-state index < -0.39 is 47.1 Å². The van der Waals surface area contributed by atoms with Gasteiger partial charge in [0.15, 0.2) is 6.61 Å². The first-order valence-corrected chi connectivity index (χ1v) is 10.1. The van der Waals surface area contributed by atoms with Crippen LogP contribution in [0, 0.1) is 12.8 Å². The summed E-state index contributed by atoms with van der Waals surface area (Å²) >= 11 is 0. The molecule has 2 N–H and O–H groups in total. The molecule has 0 bridgehead atoms. The Bertz CT molecular complexity index is 789. The molecule has 0 saturated heterocycles. The van der Waals surface area contributed by atoms with E-state index >= 15 is 0 Å². The fourth-order valence-electron chi connectivity index (χ4n) is 2.22. The maximum absolute atomic E-state index is 12.1. The molecule has 0 unspecified atom stereocenters. The minimum Gasteiger partial charge on any atom is -0.467 e. The minimum atomic E-state index is -3.87. The smallest absolute Gasteiger partial charge is 0.328 e. The highest BCUT2D eigenvalue weighted by atomic mass is 32.2. The zero-order valence-electron chi connectivity index (χ0n) is 16.4. The highest BCUT2D eigenvalue weighted by molar-refractivity contribution is 7.89. The Morgan fingerprint density at radius 3 is 2.25 bits per heavy atom. The largest absolute Gasteiger partial charge is 0.467 e. The van der Waals surface area contributed by atoms with Crippen molar-refractivity contribution in [2.45, 2.75) is 38.1 Å². The van der Waals surface area contributed by atoms with Gasteiger partial charge in [-0.1, -0.05) is 31.5 Å². The average Bonchev–Trinajstić information content (AvgIpc) is 2.63. The first-order valence-electron chi connectivity index (χ1n) is 8.64. The van der Waals surface area contributed by atoms with Crippen molar-refractivity contribution < 1.29 is 32.3 Å². The molecule has 1 amide bonds. The number of benzene rings is 1. The minimum absolute atomic E-state index is 0.0123. The van der Waals surface area contributed by atoms with Gasteiger partial charge in [-0.2, -0.15) is 4.72 Å². The number of hydrogen-bond donors (Lipinski definition) is 2. The molecule has 10 heteroatoms. The molecule has 156 valence electrons. The number of aryl methyl sites for hydroxylation is 1. The summed E-state index contributed by atoms with van der Waals surface area (Å²) in [6, 6.07) is 5.24. The van der Waals surface area contributed by atoms with Crippen LogP contribution < -0.4 is 10.0 Å². The summed E-state index contributed by atoms with van der Waals surface area (Å²) in [6.07, 6.45) is 0.364. The summed E-state index contributed by atoms with van der Waals surface area (Å²) in [7, 11) is -2.66. The normalized spacial score (nSPS) is 12.3. The monoisotopic (exact) mass is 414 g/mol. The molecule has 1 rings (SSSR count). The lowest BCUT2D eigenvalue weighted by Gasteiger charge is -2.18. The van der Waals surface area contributed by atoms with E-state index in [-0.39, 0.29) is 10.8 Å². The van der Waals surface area contributed by atoms with Gasteiger partial charge in [0, 0.05) is 0 Å². The zero-order chi connectivity index (χ0) is 21.3. The third kappa shape index (κ3) is 8.05. The maximum Gasteiger partial charge on any atom is 0.328 e. The second-order valence-corrected chi connectivity index (χ2v) is 8.34. The second-order valence-electron chi connectivity index (χ2n) is 6.57. The fraction of sp³-hybridized carbons (Fsp3) is 0.500. The van der Waals surface area contributed by atoms with Gasteiger partial charge in [0.1, 0.15) is 12.6 Å². The van der Waals surface area contributed by atoms with Gasteiger partial charge in [-0.25, -0.2) is 13.2 Å². The van der Waals surface area contributed by atoms with E-state index in [2.05, 4.69) is 14.8 Å². The van der Waals surface area contributed by atoms with E-state index in [4.69, 9.17) is 4.74 Å². The lowest BCUT2D eigenvalue weighted by atomic mass is 10.0. The quantitative estimate of drug-likeness (QED) is 0.534. The molecule has 0 radical (unpaired) electrons. The van der Waals surface area contributed by atoms with Crippen LogP contribution in [0.25, 0.3) is 0 Å². The molecule has 28 heavy (non-hydrogen) atoms. The highest BCUT2D eigenvalue weighted by Gasteiger charge is 2.23. The van der Waals surface area contributed by atoms with Gasteiger partial charge >= 0.3 is 11.9 Å². The molecule has 0 aliphatic carbocycles. The Hall–Kier alpha value is -2.46. The summed E-state index contributed by atoms with van der Waals surface area (Å²) < 4.78 is 35.7. The van der Waals surface area contributed by atoms with Gasteiger partial charge in [-0.3, -0.25) is 9.59 Å². The molecule has 0 saturated carbocycles. The van der Waals surface area contributed by atoms with Crippen LogP contribution in [0.5, 0.6) is 0 Å². The summed E-state index contributed by atoms with van der Waals surface area (Å²) in [5, 5.41) is 2.43. The Morgan fingerprint density at radius 2 is 1.71 bits per heavy atom. The van der Waals surface area contributed by atoms with Crippen molar-refractivity contribution >= 4 is 27.9 Å². The lowest BCUT2D eigenvalue weighted by molar-refractivity contribution is -0.149. The summed E-state index contributed by atoms with van der Waals surface area (Å²) in [4.78, 5) is 35.3. The van der Waals surface area contributed by atoms with Crippen molar-refractivity contribution in [2.24, 2.45) is 5.92 Å². The summed E-state index contributed by atoms with van der Waals surface area (Å²) in [5.41, 5.74) is 0.895. The topological polar surface area (TPSA) is 128 Å². The standard InChI is InChI=1S/C18H26N2O7S/c1-12(2)9-15(18(23)26-4)20-16(21)11-27-17(22)10-19-28(24,25)14-7-5-13(3)6-8-14/h5-8,12,15,19H,9-11H2,1-4H3,(H,20,21)/t15-/m1/s1. The molecule has 1 aromatic rings. The molecule has 0 spiro atoms. The van der Waals surface area contributed by atoms with Crippen molar-refractivity contribution in [1.82, 2.24) is 10.0 Å². The van der Waals surface area contributed by atoms with E-state index in [1.807, 2.05) is 20.8 Å². The number of nitrogens with one attached hydrogen (secondary N) is 2. The van der Waals surface area contributed by atoms with Gasteiger partial charge < -0.3 is 14.8 Å². The molecule has 0 fully saturated rings. The molecular weight excluding hydrogens is 388 g/mol. The average molecular weight is 414 g/mol. The number of ether oxygens (including phenoxy) is 2. The number of methoxy groups -OCH3 is 1.